The smallest absolute Gasteiger partial charge is 0.328 e. The fourth-order valence-electron chi connectivity index (χ4n) is 4.09. The summed E-state index contributed by atoms with van der Waals surface area (Å²) in [5.74, 6) is -1.35. The Bertz CT molecular complexity index is 835. The Balaban J connectivity index is 1.52. The maximum absolute atomic E-state index is 13.1. The molecule has 0 saturated carbocycles. The van der Waals surface area contributed by atoms with Crippen LogP contribution in [0.3, 0.4) is 0 Å². The number of pyridine rings is 1. The average molecular weight is 381 g/mol. The summed E-state index contributed by atoms with van der Waals surface area (Å²) in [6.07, 6.45) is 4.24. The van der Waals surface area contributed by atoms with Crippen LogP contribution in [0.1, 0.15) is 28.8 Å². The number of amides is 1. The number of carbonyl (C=O) groups is 2. The lowest BCUT2D eigenvalue weighted by molar-refractivity contribution is -0.144. The molecule has 2 fully saturated rings. The number of hydrogen-bond donors (Lipinski definition) is 1. The minimum atomic E-state index is -1.04. The highest BCUT2D eigenvalue weighted by Crippen LogP contribution is 2.38. The van der Waals surface area contributed by atoms with Gasteiger partial charge in [-0.15, -0.1) is 0 Å². The van der Waals surface area contributed by atoms with Crippen molar-refractivity contribution in [1.82, 2.24) is 14.8 Å². The first-order valence-electron chi connectivity index (χ1n) is 9.46. The third kappa shape index (κ3) is 3.50. The van der Waals surface area contributed by atoms with Crippen LogP contribution < -0.4 is 0 Å². The van der Waals surface area contributed by atoms with Crippen molar-refractivity contribution in [1.29, 1.82) is 0 Å². The zero-order chi connectivity index (χ0) is 19.6. The van der Waals surface area contributed by atoms with Crippen LogP contribution >= 0.6 is 0 Å². The van der Waals surface area contributed by atoms with E-state index in [2.05, 4.69) is 22.0 Å². The Morgan fingerprint density at radius 1 is 1.11 bits per heavy atom. The molecule has 4 rings (SSSR count). The van der Waals surface area contributed by atoms with Gasteiger partial charge in [-0.1, -0.05) is 30.3 Å². The van der Waals surface area contributed by atoms with Crippen molar-refractivity contribution in [2.24, 2.45) is 0 Å². The van der Waals surface area contributed by atoms with Gasteiger partial charge in [-0.2, -0.15) is 0 Å². The molecule has 146 valence electrons. The number of hydrogen-bond acceptors (Lipinski definition) is 5. The molecule has 0 radical (unpaired) electrons. The van der Waals surface area contributed by atoms with E-state index in [1.54, 1.807) is 12.1 Å². The molecule has 7 heteroatoms. The molecule has 2 aliphatic rings. The first-order valence-corrected chi connectivity index (χ1v) is 9.46. The number of carboxylic acid groups (broad SMARTS) is 1. The Morgan fingerprint density at radius 2 is 1.79 bits per heavy atom. The highest BCUT2D eigenvalue weighted by molar-refractivity contribution is 5.97. The average Bonchev–Trinajstić information content (AvgIpc) is 3.10. The second-order valence-electron chi connectivity index (χ2n) is 7.28. The standard InChI is InChI=1S/C21H23N3O4/c25-19(17-6-10-22-11-7-17)24-18(20(26)27)15-28-21(24)8-12-23(13-9-21)14-16-4-2-1-3-5-16/h1-7,10-11,18H,8-9,12-15H2,(H,26,27)/t18-/m1/s1. The van der Waals surface area contributed by atoms with Crippen LogP contribution in [-0.4, -0.2) is 63.2 Å². The summed E-state index contributed by atoms with van der Waals surface area (Å²) in [5, 5.41) is 9.64. The van der Waals surface area contributed by atoms with E-state index in [1.165, 1.54) is 22.9 Å². The number of rotatable bonds is 4. The molecule has 1 spiro atoms. The zero-order valence-corrected chi connectivity index (χ0v) is 15.5. The highest BCUT2D eigenvalue weighted by atomic mass is 16.5. The molecule has 1 N–H and O–H groups in total. The summed E-state index contributed by atoms with van der Waals surface area (Å²) >= 11 is 0. The van der Waals surface area contributed by atoms with Crippen molar-refractivity contribution in [2.45, 2.75) is 31.2 Å². The molecule has 7 nitrogen and oxygen atoms in total. The maximum atomic E-state index is 13.1. The van der Waals surface area contributed by atoms with E-state index in [4.69, 9.17) is 4.74 Å². The number of aromatic nitrogens is 1. The van der Waals surface area contributed by atoms with Gasteiger partial charge in [0.05, 0.1) is 6.61 Å². The lowest BCUT2D eigenvalue weighted by Gasteiger charge is -2.44. The lowest BCUT2D eigenvalue weighted by Crippen LogP contribution is -2.58. The summed E-state index contributed by atoms with van der Waals surface area (Å²) in [6.45, 7) is 2.32. The number of aliphatic carboxylic acids is 1. The highest BCUT2D eigenvalue weighted by Gasteiger charge is 2.54. The van der Waals surface area contributed by atoms with Gasteiger partial charge in [0.25, 0.3) is 5.91 Å². The predicted octanol–water partition coefficient (Wildman–Crippen LogP) is 2.00. The quantitative estimate of drug-likeness (QED) is 0.872. The fraction of sp³-hybridized carbons (Fsp3) is 0.381. The SMILES string of the molecule is O=C(O)[C@H]1COC2(CCN(Cc3ccccc3)CC2)N1C(=O)c1ccncc1. The zero-order valence-electron chi connectivity index (χ0n) is 15.5. The molecule has 2 aromatic rings. The monoisotopic (exact) mass is 381 g/mol. The van der Waals surface area contributed by atoms with Crippen molar-refractivity contribution in [3.63, 3.8) is 0 Å². The fourth-order valence-corrected chi connectivity index (χ4v) is 4.09. The lowest BCUT2D eigenvalue weighted by atomic mass is 9.96. The van der Waals surface area contributed by atoms with Gasteiger partial charge in [0.1, 0.15) is 5.72 Å². The first kappa shape index (κ1) is 18.6. The van der Waals surface area contributed by atoms with Gasteiger partial charge in [0.15, 0.2) is 6.04 Å². The molecule has 3 heterocycles. The third-order valence-corrected chi connectivity index (χ3v) is 5.58. The van der Waals surface area contributed by atoms with Crippen LogP contribution in [0.15, 0.2) is 54.9 Å². The molecule has 28 heavy (non-hydrogen) atoms. The molecule has 1 aromatic carbocycles. The van der Waals surface area contributed by atoms with Crippen LogP contribution in [0.5, 0.6) is 0 Å². The van der Waals surface area contributed by atoms with E-state index in [0.29, 0.717) is 18.4 Å². The number of likely N-dealkylation sites (tertiary alicyclic amines) is 1. The Kier molecular flexibility index (Phi) is 5.11. The molecule has 0 unspecified atom stereocenters. The van der Waals surface area contributed by atoms with Gasteiger partial charge in [0.2, 0.25) is 0 Å². The third-order valence-electron chi connectivity index (χ3n) is 5.58. The molecular weight excluding hydrogens is 358 g/mol. The van der Waals surface area contributed by atoms with Crippen molar-refractivity contribution in [3.8, 4) is 0 Å². The van der Waals surface area contributed by atoms with Crippen molar-refractivity contribution >= 4 is 11.9 Å². The number of piperidine rings is 1. The number of ether oxygens (including phenoxy) is 1. The van der Waals surface area contributed by atoms with Crippen LogP contribution in [-0.2, 0) is 16.1 Å². The molecule has 1 amide bonds. The summed E-state index contributed by atoms with van der Waals surface area (Å²) in [5.41, 5.74) is 0.799. The van der Waals surface area contributed by atoms with Gasteiger partial charge < -0.3 is 9.84 Å². The molecule has 1 atom stereocenters. The Morgan fingerprint density at radius 3 is 2.43 bits per heavy atom. The number of nitrogens with zero attached hydrogens (tertiary/aromatic N) is 3. The molecule has 1 aromatic heterocycles. The topological polar surface area (TPSA) is 83.0 Å². The van der Waals surface area contributed by atoms with Crippen LogP contribution in [0, 0.1) is 0 Å². The summed E-state index contributed by atoms with van der Waals surface area (Å²) in [7, 11) is 0. The minimum absolute atomic E-state index is 0.0187. The van der Waals surface area contributed by atoms with Gasteiger partial charge in [0, 0.05) is 50.4 Å². The van der Waals surface area contributed by atoms with E-state index in [-0.39, 0.29) is 12.5 Å². The first-order chi connectivity index (χ1) is 13.6. The van der Waals surface area contributed by atoms with Crippen molar-refractivity contribution in [3.05, 3.63) is 66.0 Å². The molecule has 2 aliphatic heterocycles. The van der Waals surface area contributed by atoms with E-state index in [9.17, 15) is 14.7 Å². The van der Waals surface area contributed by atoms with Crippen LogP contribution in [0.2, 0.25) is 0 Å². The number of carbonyl (C=O) groups excluding carboxylic acids is 1. The van der Waals surface area contributed by atoms with Crippen molar-refractivity contribution in [2.75, 3.05) is 19.7 Å². The minimum Gasteiger partial charge on any atom is -0.480 e. The predicted molar refractivity (Wildman–Crippen MR) is 101 cm³/mol. The summed E-state index contributed by atoms with van der Waals surface area (Å²) < 4.78 is 5.99. The number of carboxylic acids is 1. The van der Waals surface area contributed by atoms with Gasteiger partial charge in [-0.3, -0.25) is 19.6 Å². The Hall–Kier alpha value is -2.77. The van der Waals surface area contributed by atoms with E-state index < -0.39 is 17.7 Å². The van der Waals surface area contributed by atoms with Gasteiger partial charge in [-0.25, -0.2) is 4.79 Å². The summed E-state index contributed by atoms with van der Waals surface area (Å²) in [4.78, 5) is 32.6. The van der Waals surface area contributed by atoms with E-state index in [0.717, 1.165) is 19.6 Å². The van der Waals surface area contributed by atoms with Crippen LogP contribution in [0.4, 0.5) is 0 Å². The maximum Gasteiger partial charge on any atom is 0.328 e. The molecule has 2 saturated heterocycles. The molecule has 0 bridgehead atoms. The second-order valence-corrected chi connectivity index (χ2v) is 7.28. The van der Waals surface area contributed by atoms with Crippen molar-refractivity contribution < 1.29 is 19.4 Å². The van der Waals surface area contributed by atoms with Gasteiger partial charge in [-0.05, 0) is 17.7 Å². The molecular formula is C21H23N3O4. The van der Waals surface area contributed by atoms with Crippen LogP contribution in [0.25, 0.3) is 0 Å². The van der Waals surface area contributed by atoms with Gasteiger partial charge >= 0.3 is 5.97 Å². The second kappa shape index (κ2) is 7.69. The normalized spacial score (nSPS) is 21.7. The Labute approximate surface area is 163 Å². The van der Waals surface area contributed by atoms with E-state index in [1.807, 2.05) is 18.2 Å². The molecule has 0 aliphatic carbocycles. The number of benzene rings is 1. The largest absolute Gasteiger partial charge is 0.480 e. The summed E-state index contributed by atoms with van der Waals surface area (Å²) in [6, 6.07) is 12.5. The van der Waals surface area contributed by atoms with E-state index >= 15 is 0 Å².